The largest absolute Gasteiger partial charge is 0.399 e. The van der Waals surface area contributed by atoms with Crippen LogP contribution in [0.1, 0.15) is 5.56 Å². The molecule has 0 aliphatic rings. The molecule has 0 unspecified atom stereocenters. The lowest BCUT2D eigenvalue weighted by Crippen LogP contribution is -2.15. The zero-order valence-electron chi connectivity index (χ0n) is 10.3. The first-order valence-electron chi connectivity index (χ1n) is 5.66. The van der Waals surface area contributed by atoms with Crippen LogP contribution in [0.4, 0.5) is 11.4 Å². The van der Waals surface area contributed by atoms with Gasteiger partial charge in [0.2, 0.25) is 10.0 Å². The van der Waals surface area contributed by atoms with E-state index in [1.54, 1.807) is 42.5 Å². The van der Waals surface area contributed by atoms with Gasteiger partial charge in [-0.2, -0.15) is 0 Å². The summed E-state index contributed by atoms with van der Waals surface area (Å²) < 4.78 is 27.4. The van der Waals surface area contributed by atoms with E-state index in [1.807, 2.05) is 0 Å². The van der Waals surface area contributed by atoms with Crippen molar-refractivity contribution in [1.82, 2.24) is 0 Å². The molecule has 0 radical (unpaired) electrons. The van der Waals surface area contributed by atoms with Crippen molar-refractivity contribution in [2.45, 2.75) is 5.75 Å². The molecule has 2 aromatic carbocycles. The number of hydrogen-bond acceptors (Lipinski definition) is 3. The summed E-state index contributed by atoms with van der Waals surface area (Å²) in [5, 5.41) is 0.454. The molecule has 7 heteroatoms. The molecule has 0 spiro atoms. The van der Waals surface area contributed by atoms with Gasteiger partial charge < -0.3 is 5.73 Å². The summed E-state index contributed by atoms with van der Waals surface area (Å²) in [6.07, 6.45) is 0. The molecule has 0 saturated carbocycles. The van der Waals surface area contributed by atoms with Crippen LogP contribution in [0.2, 0.25) is 5.02 Å². The monoisotopic (exact) mass is 374 g/mol. The van der Waals surface area contributed by atoms with Crippen molar-refractivity contribution in [3.63, 3.8) is 0 Å². The topological polar surface area (TPSA) is 72.2 Å². The fourth-order valence-electron chi connectivity index (χ4n) is 1.68. The maximum absolute atomic E-state index is 12.1. The van der Waals surface area contributed by atoms with Crippen LogP contribution in [0, 0.1) is 0 Å². The van der Waals surface area contributed by atoms with Gasteiger partial charge in [-0.15, -0.1) is 0 Å². The van der Waals surface area contributed by atoms with E-state index in [-0.39, 0.29) is 5.75 Å². The van der Waals surface area contributed by atoms with Crippen LogP contribution in [-0.4, -0.2) is 8.42 Å². The number of nitrogen functional groups attached to an aromatic ring is 1. The number of nitrogens with two attached hydrogens (primary N) is 1. The number of hydrogen-bond donors (Lipinski definition) is 2. The van der Waals surface area contributed by atoms with Crippen molar-refractivity contribution in [1.29, 1.82) is 0 Å². The van der Waals surface area contributed by atoms with Gasteiger partial charge in [-0.05, 0) is 51.8 Å². The third-order valence-corrected chi connectivity index (χ3v) is 4.67. The highest BCUT2D eigenvalue weighted by Crippen LogP contribution is 2.27. The van der Waals surface area contributed by atoms with Crippen LogP contribution in [0.25, 0.3) is 0 Å². The van der Waals surface area contributed by atoms with E-state index in [9.17, 15) is 8.42 Å². The molecule has 0 saturated heterocycles. The van der Waals surface area contributed by atoms with Gasteiger partial charge in [-0.25, -0.2) is 8.42 Å². The van der Waals surface area contributed by atoms with E-state index in [0.29, 0.717) is 26.4 Å². The molecule has 106 valence electrons. The zero-order chi connectivity index (χ0) is 14.8. The molecule has 2 rings (SSSR count). The predicted molar refractivity (Wildman–Crippen MR) is 86.3 cm³/mol. The number of benzene rings is 2. The molecule has 4 nitrogen and oxygen atoms in total. The van der Waals surface area contributed by atoms with E-state index in [0.717, 1.165) is 0 Å². The summed E-state index contributed by atoms with van der Waals surface area (Å²) >= 11 is 9.13. The zero-order valence-corrected chi connectivity index (χ0v) is 13.5. The lowest BCUT2D eigenvalue weighted by molar-refractivity contribution is 0.600. The molecule has 0 aromatic heterocycles. The number of halogens is 2. The first kappa shape index (κ1) is 15.2. The quantitative estimate of drug-likeness (QED) is 0.802. The van der Waals surface area contributed by atoms with Crippen molar-refractivity contribution in [3.05, 3.63) is 57.5 Å². The molecular weight excluding hydrogens is 364 g/mol. The fourth-order valence-corrected chi connectivity index (χ4v) is 3.53. The number of rotatable bonds is 4. The summed E-state index contributed by atoms with van der Waals surface area (Å²) in [5.41, 5.74) is 7.19. The molecule has 0 atom stereocenters. The van der Waals surface area contributed by atoms with Gasteiger partial charge in [0.05, 0.1) is 11.4 Å². The average Bonchev–Trinajstić information content (AvgIpc) is 2.33. The predicted octanol–water partition coefficient (Wildman–Crippen LogP) is 3.63. The average molecular weight is 376 g/mol. The Kier molecular flexibility index (Phi) is 4.57. The van der Waals surface area contributed by atoms with E-state index in [4.69, 9.17) is 17.3 Å². The maximum atomic E-state index is 12.1. The van der Waals surface area contributed by atoms with Gasteiger partial charge in [0.15, 0.2) is 0 Å². The van der Waals surface area contributed by atoms with Crippen LogP contribution in [0.5, 0.6) is 0 Å². The summed E-state index contributed by atoms with van der Waals surface area (Å²) in [6, 6.07) is 11.7. The van der Waals surface area contributed by atoms with Gasteiger partial charge in [-0.1, -0.05) is 23.7 Å². The van der Waals surface area contributed by atoms with Crippen LogP contribution in [0.3, 0.4) is 0 Å². The van der Waals surface area contributed by atoms with Crippen LogP contribution in [0.15, 0.2) is 46.9 Å². The molecule has 0 bridgehead atoms. The lowest BCUT2D eigenvalue weighted by Gasteiger charge is -2.10. The molecule has 0 heterocycles. The molecule has 2 aromatic rings. The third-order valence-electron chi connectivity index (χ3n) is 2.50. The van der Waals surface area contributed by atoms with Crippen LogP contribution in [-0.2, 0) is 15.8 Å². The Hall–Kier alpha value is -1.24. The number of anilines is 2. The highest BCUT2D eigenvalue weighted by atomic mass is 79.9. The summed E-state index contributed by atoms with van der Waals surface area (Å²) in [4.78, 5) is 0. The minimum absolute atomic E-state index is 0.156. The van der Waals surface area contributed by atoms with E-state index >= 15 is 0 Å². The van der Waals surface area contributed by atoms with Gasteiger partial charge in [0.1, 0.15) is 0 Å². The molecule has 3 N–H and O–H groups in total. The Bertz CT molecular complexity index is 735. The molecule has 20 heavy (non-hydrogen) atoms. The first-order valence-corrected chi connectivity index (χ1v) is 8.48. The smallest absolute Gasteiger partial charge is 0.236 e. The van der Waals surface area contributed by atoms with Crippen molar-refractivity contribution in [2.24, 2.45) is 0 Å². The van der Waals surface area contributed by atoms with E-state index in [2.05, 4.69) is 20.7 Å². The second-order valence-electron chi connectivity index (χ2n) is 4.23. The lowest BCUT2D eigenvalue weighted by atomic mass is 10.2. The number of nitrogens with one attached hydrogen (secondary N) is 1. The minimum Gasteiger partial charge on any atom is -0.399 e. The van der Waals surface area contributed by atoms with Gasteiger partial charge in [0.25, 0.3) is 0 Å². The molecule has 0 aliphatic carbocycles. The van der Waals surface area contributed by atoms with E-state index in [1.165, 1.54) is 0 Å². The Morgan fingerprint density at radius 1 is 1.20 bits per heavy atom. The first-order chi connectivity index (χ1) is 9.35. The summed E-state index contributed by atoms with van der Waals surface area (Å²) in [6.45, 7) is 0. The standard InChI is InChI=1S/C13H12BrClN2O2S/c14-12-5-4-10(15)7-13(12)17-20(18,19)8-9-2-1-3-11(16)6-9/h1-7,17H,8,16H2. The van der Waals surface area contributed by atoms with Crippen molar-refractivity contribution < 1.29 is 8.42 Å². The maximum Gasteiger partial charge on any atom is 0.236 e. The van der Waals surface area contributed by atoms with E-state index < -0.39 is 10.0 Å². The van der Waals surface area contributed by atoms with Gasteiger partial charge in [-0.3, -0.25) is 4.72 Å². The Morgan fingerprint density at radius 2 is 1.95 bits per heavy atom. The SMILES string of the molecule is Nc1cccc(CS(=O)(=O)Nc2cc(Cl)ccc2Br)c1. The van der Waals surface area contributed by atoms with Gasteiger partial charge in [0, 0.05) is 15.2 Å². The molecule has 0 aliphatic heterocycles. The summed E-state index contributed by atoms with van der Waals surface area (Å²) in [5.74, 6) is -0.156. The van der Waals surface area contributed by atoms with Crippen LogP contribution < -0.4 is 10.5 Å². The normalized spacial score (nSPS) is 11.3. The second-order valence-corrected chi connectivity index (χ2v) is 7.24. The Balaban J connectivity index is 2.21. The Labute approximate surface area is 131 Å². The van der Waals surface area contributed by atoms with Crippen LogP contribution >= 0.6 is 27.5 Å². The third kappa shape index (κ3) is 4.13. The fraction of sp³-hybridized carbons (Fsp3) is 0.0769. The highest BCUT2D eigenvalue weighted by molar-refractivity contribution is 9.10. The van der Waals surface area contributed by atoms with Crippen molar-refractivity contribution in [2.75, 3.05) is 10.5 Å². The Morgan fingerprint density at radius 3 is 2.65 bits per heavy atom. The molecule has 0 fully saturated rings. The molecular formula is C13H12BrClN2O2S. The van der Waals surface area contributed by atoms with Crippen molar-refractivity contribution in [3.8, 4) is 0 Å². The highest BCUT2D eigenvalue weighted by Gasteiger charge is 2.14. The summed E-state index contributed by atoms with van der Waals surface area (Å²) in [7, 11) is -3.54. The number of sulfonamides is 1. The van der Waals surface area contributed by atoms with Gasteiger partial charge >= 0.3 is 0 Å². The second kappa shape index (κ2) is 6.03. The molecule has 0 amide bonds. The minimum atomic E-state index is -3.54. The van der Waals surface area contributed by atoms with Crippen molar-refractivity contribution >= 4 is 48.9 Å².